The van der Waals surface area contributed by atoms with Crippen LogP contribution in [0.3, 0.4) is 0 Å². The van der Waals surface area contributed by atoms with Crippen molar-refractivity contribution in [3.8, 4) is 0 Å². The topological polar surface area (TPSA) is 64.5 Å². The second-order valence-corrected chi connectivity index (χ2v) is 4.82. The number of nitrogens with zero attached hydrogens (tertiary/aromatic N) is 1. The number of nitrogens with two attached hydrogens (primary N) is 2. The second-order valence-electron chi connectivity index (χ2n) is 3.96. The van der Waals surface area contributed by atoms with Crippen molar-refractivity contribution < 1.29 is 4.74 Å². The molecular formula is C11H16BrN3O. The Morgan fingerprint density at radius 3 is 2.62 bits per heavy atom. The first-order chi connectivity index (χ1) is 7.66. The van der Waals surface area contributed by atoms with E-state index in [1.807, 2.05) is 12.1 Å². The van der Waals surface area contributed by atoms with Crippen LogP contribution in [0.25, 0.3) is 0 Å². The van der Waals surface area contributed by atoms with Gasteiger partial charge in [0.1, 0.15) is 0 Å². The van der Waals surface area contributed by atoms with Crippen molar-refractivity contribution in [2.75, 3.05) is 37.8 Å². The Balaban J connectivity index is 2.13. The zero-order valence-electron chi connectivity index (χ0n) is 9.08. The Morgan fingerprint density at radius 2 is 1.94 bits per heavy atom. The minimum atomic E-state index is 0.740. The fraction of sp³-hybridized carbons (Fsp3) is 0.455. The van der Waals surface area contributed by atoms with Crippen molar-refractivity contribution in [1.29, 1.82) is 0 Å². The van der Waals surface area contributed by atoms with E-state index in [9.17, 15) is 0 Å². The van der Waals surface area contributed by atoms with Gasteiger partial charge in [-0.1, -0.05) is 0 Å². The molecule has 16 heavy (non-hydrogen) atoms. The quantitative estimate of drug-likeness (QED) is 0.808. The van der Waals surface area contributed by atoms with E-state index in [0.29, 0.717) is 0 Å². The smallest absolute Gasteiger partial charge is 0.0594 e. The number of hydrogen-bond donors (Lipinski definition) is 2. The van der Waals surface area contributed by atoms with E-state index in [1.54, 1.807) is 0 Å². The van der Waals surface area contributed by atoms with Crippen molar-refractivity contribution in [2.24, 2.45) is 0 Å². The molecule has 0 spiro atoms. The van der Waals surface area contributed by atoms with Gasteiger partial charge in [-0.2, -0.15) is 0 Å². The lowest BCUT2D eigenvalue weighted by Crippen LogP contribution is -2.35. The molecule has 0 unspecified atom stereocenters. The molecule has 1 aliphatic rings. The van der Waals surface area contributed by atoms with Crippen LogP contribution >= 0.6 is 15.9 Å². The van der Waals surface area contributed by atoms with E-state index in [1.165, 1.54) is 0 Å². The summed E-state index contributed by atoms with van der Waals surface area (Å²) in [5.41, 5.74) is 14.4. The molecular weight excluding hydrogens is 270 g/mol. The number of ether oxygens (including phenoxy) is 1. The summed E-state index contributed by atoms with van der Waals surface area (Å²) >= 11 is 3.41. The fourth-order valence-corrected chi connectivity index (χ4v) is 2.35. The molecule has 2 rings (SSSR count). The lowest BCUT2D eigenvalue weighted by atomic mass is 10.1. The third-order valence-electron chi connectivity index (χ3n) is 2.74. The monoisotopic (exact) mass is 285 g/mol. The lowest BCUT2D eigenvalue weighted by Gasteiger charge is -2.27. The van der Waals surface area contributed by atoms with Crippen molar-refractivity contribution in [3.63, 3.8) is 0 Å². The Kier molecular flexibility index (Phi) is 3.68. The van der Waals surface area contributed by atoms with E-state index in [2.05, 4.69) is 20.8 Å². The molecule has 0 saturated carbocycles. The highest BCUT2D eigenvalue weighted by atomic mass is 79.9. The molecule has 0 bridgehead atoms. The average molecular weight is 286 g/mol. The Morgan fingerprint density at radius 1 is 1.25 bits per heavy atom. The molecule has 1 fully saturated rings. The summed E-state index contributed by atoms with van der Waals surface area (Å²) in [6, 6.07) is 3.77. The van der Waals surface area contributed by atoms with Gasteiger partial charge in [0.25, 0.3) is 0 Å². The molecule has 1 aliphatic heterocycles. The molecule has 4 N–H and O–H groups in total. The molecule has 0 amide bonds. The minimum absolute atomic E-state index is 0.740. The predicted octanol–water partition coefficient (Wildman–Crippen LogP) is 1.45. The summed E-state index contributed by atoms with van der Waals surface area (Å²) < 4.78 is 6.18. The minimum Gasteiger partial charge on any atom is -0.399 e. The number of halogens is 1. The van der Waals surface area contributed by atoms with Crippen LogP contribution in [0.15, 0.2) is 16.6 Å². The third-order valence-corrected chi connectivity index (χ3v) is 3.39. The average Bonchev–Trinajstić information content (AvgIpc) is 2.27. The maximum atomic E-state index is 6.01. The van der Waals surface area contributed by atoms with Crippen molar-refractivity contribution >= 4 is 27.3 Å². The summed E-state index contributed by atoms with van der Waals surface area (Å²) in [7, 11) is 0. The SMILES string of the molecule is Nc1cc(Br)c(N)c(CN2CCOCC2)c1. The van der Waals surface area contributed by atoms with E-state index in [-0.39, 0.29) is 0 Å². The van der Waals surface area contributed by atoms with Crippen LogP contribution in [0.5, 0.6) is 0 Å². The first-order valence-electron chi connectivity index (χ1n) is 5.30. The summed E-state index contributed by atoms with van der Waals surface area (Å²) in [5, 5.41) is 0. The van der Waals surface area contributed by atoms with E-state index >= 15 is 0 Å². The van der Waals surface area contributed by atoms with Gasteiger partial charge in [-0.15, -0.1) is 0 Å². The lowest BCUT2D eigenvalue weighted by molar-refractivity contribution is 0.0343. The van der Waals surface area contributed by atoms with Crippen molar-refractivity contribution in [1.82, 2.24) is 4.90 Å². The van der Waals surface area contributed by atoms with Crippen LogP contribution < -0.4 is 11.5 Å². The number of anilines is 2. The van der Waals surface area contributed by atoms with Gasteiger partial charge < -0.3 is 16.2 Å². The molecule has 0 radical (unpaired) electrons. The number of nitrogen functional groups attached to an aromatic ring is 2. The standard InChI is InChI=1S/C11H16BrN3O/c12-10-6-9(13)5-8(11(10)14)7-15-1-3-16-4-2-15/h5-6H,1-4,7,13-14H2. The second kappa shape index (κ2) is 5.03. The molecule has 4 nitrogen and oxygen atoms in total. The van der Waals surface area contributed by atoms with Gasteiger partial charge in [-0.3, -0.25) is 4.90 Å². The van der Waals surface area contributed by atoms with Gasteiger partial charge in [-0.05, 0) is 33.6 Å². The Hall–Kier alpha value is -0.780. The van der Waals surface area contributed by atoms with Gasteiger partial charge in [0.15, 0.2) is 0 Å². The van der Waals surface area contributed by atoms with Crippen LogP contribution in [0, 0.1) is 0 Å². The summed E-state index contributed by atoms with van der Waals surface area (Å²) in [6.07, 6.45) is 0. The molecule has 1 aromatic rings. The largest absolute Gasteiger partial charge is 0.399 e. The molecule has 88 valence electrons. The molecule has 1 heterocycles. The highest BCUT2D eigenvalue weighted by molar-refractivity contribution is 9.10. The van der Waals surface area contributed by atoms with Crippen LogP contribution in [-0.4, -0.2) is 31.2 Å². The van der Waals surface area contributed by atoms with Crippen molar-refractivity contribution in [3.05, 3.63) is 22.2 Å². The molecule has 1 saturated heterocycles. The highest BCUT2D eigenvalue weighted by Gasteiger charge is 2.13. The number of rotatable bonds is 2. The van der Waals surface area contributed by atoms with Gasteiger partial charge in [0.2, 0.25) is 0 Å². The van der Waals surface area contributed by atoms with Crippen LogP contribution in [0.2, 0.25) is 0 Å². The maximum Gasteiger partial charge on any atom is 0.0594 e. The Labute approximate surface area is 104 Å². The van der Waals surface area contributed by atoms with Gasteiger partial charge in [0.05, 0.1) is 18.9 Å². The molecule has 0 aliphatic carbocycles. The van der Waals surface area contributed by atoms with Crippen LogP contribution in [-0.2, 0) is 11.3 Å². The van der Waals surface area contributed by atoms with E-state index in [4.69, 9.17) is 16.2 Å². The predicted molar refractivity (Wildman–Crippen MR) is 69.1 cm³/mol. The first kappa shape index (κ1) is 11.7. The molecule has 5 heteroatoms. The number of benzene rings is 1. The van der Waals surface area contributed by atoms with Crippen molar-refractivity contribution in [2.45, 2.75) is 6.54 Å². The summed E-state index contributed by atoms with van der Waals surface area (Å²) in [4.78, 5) is 2.32. The van der Waals surface area contributed by atoms with Gasteiger partial charge in [0, 0.05) is 29.8 Å². The van der Waals surface area contributed by atoms with Crippen LogP contribution in [0.4, 0.5) is 11.4 Å². The fourth-order valence-electron chi connectivity index (χ4n) is 1.83. The van der Waals surface area contributed by atoms with Gasteiger partial charge >= 0.3 is 0 Å². The van der Waals surface area contributed by atoms with E-state index < -0.39 is 0 Å². The third kappa shape index (κ3) is 2.66. The first-order valence-corrected chi connectivity index (χ1v) is 6.09. The van der Waals surface area contributed by atoms with Crippen LogP contribution in [0.1, 0.15) is 5.56 Å². The number of hydrogen-bond acceptors (Lipinski definition) is 4. The van der Waals surface area contributed by atoms with Gasteiger partial charge in [-0.25, -0.2) is 0 Å². The Bertz CT molecular complexity index is 378. The highest BCUT2D eigenvalue weighted by Crippen LogP contribution is 2.27. The summed E-state index contributed by atoms with van der Waals surface area (Å²) in [5.74, 6) is 0. The zero-order valence-corrected chi connectivity index (χ0v) is 10.7. The number of morpholine rings is 1. The normalized spacial score (nSPS) is 17.6. The van der Waals surface area contributed by atoms with E-state index in [0.717, 1.165) is 54.3 Å². The molecule has 0 aromatic heterocycles. The maximum absolute atomic E-state index is 6.01. The summed E-state index contributed by atoms with van der Waals surface area (Å²) in [6.45, 7) is 4.32. The molecule has 1 aromatic carbocycles. The molecule has 0 atom stereocenters. The zero-order chi connectivity index (χ0) is 11.5.